The molecule has 124 valence electrons. The average Bonchev–Trinajstić information content (AvgIpc) is 2.68. The summed E-state index contributed by atoms with van der Waals surface area (Å²) >= 11 is 1.42. The molecule has 0 aliphatic carbocycles. The van der Waals surface area contributed by atoms with Crippen LogP contribution in [0.25, 0.3) is 5.70 Å². The van der Waals surface area contributed by atoms with Gasteiger partial charge in [-0.1, -0.05) is 72.4 Å². The highest BCUT2D eigenvalue weighted by atomic mass is 32.2. The van der Waals surface area contributed by atoms with Crippen LogP contribution in [0, 0.1) is 0 Å². The van der Waals surface area contributed by atoms with E-state index in [1.165, 1.54) is 11.8 Å². The number of thioether (sulfide) groups is 1. The van der Waals surface area contributed by atoms with E-state index in [1.54, 1.807) is 0 Å². The molecule has 4 nitrogen and oxygen atoms in total. The van der Waals surface area contributed by atoms with Crippen molar-refractivity contribution in [2.75, 3.05) is 11.6 Å². The first-order valence-electron chi connectivity index (χ1n) is 8.03. The van der Waals surface area contributed by atoms with Crippen molar-refractivity contribution in [2.45, 2.75) is 11.1 Å². The molecule has 2 heterocycles. The molecule has 1 aliphatic rings. The number of anilines is 1. The lowest BCUT2D eigenvalue weighted by atomic mass is 9.88. The number of H-pyrrole nitrogens is 1. The minimum absolute atomic E-state index is 0.0981. The normalized spacial score (nSPS) is 15.9. The lowest BCUT2D eigenvalue weighted by Crippen LogP contribution is -2.25. The lowest BCUT2D eigenvalue weighted by molar-refractivity contribution is 0.869. The minimum Gasteiger partial charge on any atom is -0.339 e. The van der Waals surface area contributed by atoms with Gasteiger partial charge in [-0.25, -0.2) is 4.98 Å². The van der Waals surface area contributed by atoms with Crippen LogP contribution in [0.4, 0.5) is 5.82 Å². The highest BCUT2D eigenvalue weighted by molar-refractivity contribution is 7.98. The SMILES string of the molecule is CSc1nc2c(c(=O)[nH]1)C(c1ccccc1)C=C(c1ccccc1)N2. The number of aromatic amines is 1. The van der Waals surface area contributed by atoms with Gasteiger partial charge in [0.15, 0.2) is 5.16 Å². The van der Waals surface area contributed by atoms with Crippen LogP contribution in [0.3, 0.4) is 0 Å². The summed E-state index contributed by atoms with van der Waals surface area (Å²) in [6, 6.07) is 20.1. The van der Waals surface area contributed by atoms with Gasteiger partial charge in [-0.15, -0.1) is 0 Å². The van der Waals surface area contributed by atoms with Crippen LogP contribution >= 0.6 is 11.8 Å². The van der Waals surface area contributed by atoms with Crippen LogP contribution < -0.4 is 10.9 Å². The number of allylic oxidation sites excluding steroid dienone is 1. The van der Waals surface area contributed by atoms with Gasteiger partial charge in [0.05, 0.1) is 5.56 Å². The van der Waals surface area contributed by atoms with Gasteiger partial charge in [-0.3, -0.25) is 4.79 Å². The lowest BCUT2D eigenvalue weighted by Gasteiger charge is -2.25. The largest absolute Gasteiger partial charge is 0.339 e. The standard InChI is InChI=1S/C20H17N3OS/c1-25-20-22-18-17(19(24)23-20)15(13-8-4-2-5-9-13)12-16(21-18)14-10-6-3-7-11-14/h2-12,15H,1H3,(H2,21,22,23,24). The van der Waals surface area contributed by atoms with E-state index in [4.69, 9.17) is 0 Å². The third-order valence-electron chi connectivity index (χ3n) is 4.27. The summed E-state index contributed by atoms with van der Waals surface area (Å²) in [7, 11) is 0. The predicted octanol–water partition coefficient (Wildman–Crippen LogP) is 4.09. The van der Waals surface area contributed by atoms with Crippen molar-refractivity contribution in [1.29, 1.82) is 0 Å². The molecule has 25 heavy (non-hydrogen) atoms. The number of fused-ring (bicyclic) bond motifs is 1. The Balaban J connectivity index is 1.91. The van der Waals surface area contributed by atoms with E-state index in [-0.39, 0.29) is 11.5 Å². The molecule has 4 rings (SSSR count). The minimum atomic E-state index is -0.139. The molecule has 1 unspecified atom stereocenters. The molecule has 1 aromatic heterocycles. The van der Waals surface area contributed by atoms with Crippen molar-refractivity contribution < 1.29 is 0 Å². The van der Waals surface area contributed by atoms with Crippen LogP contribution in [0.5, 0.6) is 0 Å². The van der Waals surface area contributed by atoms with Gasteiger partial charge in [-0.05, 0) is 23.5 Å². The molecule has 1 atom stereocenters. The molecule has 0 saturated carbocycles. The van der Waals surface area contributed by atoms with Crippen molar-refractivity contribution in [3.05, 3.63) is 93.8 Å². The van der Waals surface area contributed by atoms with Crippen LogP contribution in [0.15, 0.2) is 76.7 Å². The average molecular weight is 347 g/mol. The molecule has 0 amide bonds. The molecule has 3 aromatic rings. The zero-order chi connectivity index (χ0) is 17.2. The second-order valence-corrected chi connectivity index (χ2v) is 6.59. The van der Waals surface area contributed by atoms with E-state index in [2.05, 4.69) is 33.5 Å². The Morgan fingerprint density at radius 2 is 1.68 bits per heavy atom. The maximum Gasteiger partial charge on any atom is 0.257 e. The number of nitrogens with zero attached hydrogens (tertiary/aromatic N) is 1. The van der Waals surface area contributed by atoms with Gasteiger partial charge in [0.1, 0.15) is 5.82 Å². The smallest absolute Gasteiger partial charge is 0.257 e. The Bertz CT molecular complexity index is 981. The first kappa shape index (κ1) is 15.7. The second kappa shape index (κ2) is 6.61. The summed E-state index contributed by atoms with van der Waals surface area (Å²) in [5.41, 5.74) is 3.67. The van der Waals surface area contributed by atoms with Gasteiger partial charge < -0.3 is 10.3 Å². The molecular formula is C20H17N3OS. The first-order valence-corrected chi connectivity index (χ1v) is 9.26. The van der Waals surface area contributed by atoms with E-state index in [0.29, 0.717) is 16.5 Å². The molecule has 0 spiro atoms. The maximum absolute atomic E-state index is 12.7. The number of aromatic nitrogens is 2. The fraction of sp³-hybridized carbons (Fsp3) is 0.100. The summed E-state index contributed by atoms with van der Waals surface area (Å²) in [5, 5.41) is 3.95. The Morgan fingerprint density at radius 3 is 2.36 bits per heavy atom. The zero-order valence-corrected chi connectivity index (χ0v) is 14.5. The van der Waals surface area contributed by atoms with Gasteiger partial charge in [-0.2, -0.15) is 0 Å². The topological polar surface area (TPSA) is 57.8 Å². The van der Waals surface area contributed by atoms with Crippen molar-refractivity contribution in [3.8, 4) is 0 Å². The maximum atomic E-state index is 12.7. The summed E-state index contributed by atoms with van der Waals surface area (Å²) in [6.07, 6.45) is 4.00. The third-order valence-corrected chi connectivity index (χ3v) is 4.85. The van der Waals surface area contributed by atoms with Gasteiger partial charge in [0, 0.05) is 11.6 Å². The van der Waals surface area contributed by atoms with Gasteiger partial charge in [0.25, 0.3) is 5.56 Å². The van der Waals surface area contributed by atoms with Crippen LogP contribution in [0.2, 0.25) is 0 Å². The molecule has 2 N–H and O–H groups in total. The third kappa shape index (κ3) is 2.98. The summed E-state index contributed by atoms with van der Waals surface area (Å²) < 4.78 is 0. The first-order chi connectivity index (χ1) is 12.3. The highest BCUT2D eigenvalue weighted by Gasteiger charge is 2.26. The summed E-state index contributed by atoms with van der Waals surface area (Å²) in [6.45, 7) is 0. The van der Waals surface area contributed by atoms with Crippen LogP contribution in [-0.2, 0) is 0 Å². The quantitative estimate of drug-likeness (QED) is 0.553. The van der Waals surface area contributed by atoms with E-state index in [1.807, 2.05) is 54.8 Å². The fourth-order valence-corrected chi connectivity index (χ4v) is 3.45. The van der Waals surface area contributed by atoms with E-state index >= 15 is 0 Å². The Kier molecular flexibility index (Phi) is 4.15. The van der Waals surface area contributed by atoms with Crippen molar-refractivity contribution in [3.63, 3.8) is 0 Å². The van der Waals surface area contributed by atoms with Gasteiger partial charge in [0.2, 0.25) is 0 Å². The molecule has 0 fully saturated rings. The molecular weight excluding hydrogens is 330 g/mol. The summed E-state index contributed by atoms with van der Waals surface area (Å²) in [4.78, 5) is 20.2. The monoisotopic (exact) mass is 347 g/mol. The van der Waals surface area contributed by atoms with Crippen molar-refractivity contribution in [1.82, 2.24) is 9.97 Å². The number of nitrogens with one attached hydrogen (secondary N) is 2. The van der Waals surface area contributed by atoms with E-state index in [9.17, 15) is 4.79 Å². The number of hydrogen-bond donors (Lipinski definition) is 2. The number of rotatable bonds is 3. The Labute approximate surface area is 150 Å². The predicted molar refractivity (Wildman–Crippen MR) is 103 cm³/mol. The van der Waals surface area contributed by atoms with Crippen LogP contribution in [0.1, 0.15) is 22.6 Å². The van der Waals surface area contributed by atoms with Crippen LogP contribution in [-0.4, -0.2) is 16.2 Å². The second-order valence-electron chi connectivity index (χ2n) is 5.80. The number of hydrogen-bond acceptors (Lipinski definition) is 4. The van der Waals surface area contributed by atoms with Crippen molar-refractivity contribution in [2.24, 2.45) is 0 Å². The molecule has 0 radical (unpaired) electrons. The van der Waals surface area contributed by atoms with Gasteiger partial charge >= 0.3 is 0 Å². The zero-order valence-electron chi connectivity index (χ0n) is 13.7. The molecule has 5 heteroatoms. The summed E-state index contributed by atoms with van der Waals surface area (Å²) in [5.74, 6) is 0.489. The fourth-order valence-electron chi connectivity index (χ4n) is 3.07. The molecule has 2 aromatic carbocycles. The van der Waals surface area contributed by atoms with Crippen molar-refractivity contribution >= 4 is 23.3 Å². The van der Waals surface area contributed by atoms with E-state index < -0.39 is 0 Å². The molecule has 1 aliphatic heterocycles. The Hall–Kier alpha value is -2.79. The number of benzene rings is 2. The highest BCUT2D eigenvalue weighted by Crippen LogP contribution is 2.36. The molecule has 0 saturated heterocycles. The molecule has 0 bridgehead atoms. The Morgan fingerprint density at radius 1 is 1.00 bits per heavy atom. The van der Waals surface area contributed by atoms with E-state index in [0.717, 1.165) is 16.8 Å².